The first-order valence-electron chi connectivity index (χ1n) is 5.81. The van der Waals surface area contributed by atoms with Crippen molar-refractivity contribution in [3.63, 3.8) is 0 Å². The Balaban J connectivity index is 2.31. The molecule has 6 heteroatoms. The molecule has 0 atom stereocenters. The van der Waals surface area contributed by atoms with Crippen molar-refractivity contribution in [2.45, 2.75) is 6.92 Å². The number of aromatic nitrogens is 2. The topological polar surface area (TPSA) is 63.1 Å². The van der Waals surface area contributed by atoms with E-state index in [1.165, 1.54) is 17.4 Å². The third kappa shape index (κ3) is 2.26. The third-order valence-electron chi connectivity index (χ3n) is 2.88. The zero-order valence-corrected chi connectivity index (χ0v) is 12.0. The Morgan fingerprint density at radius 1 is 1.25 bits per heavy atom. The number of hydrogen-bond donors (Lipinski definition) is 1. The summed E-state index contributed by atoms with van der Waals surface area (Å²) in [6.45, 7) is 1.90. The number of fused-ring (bicyclic) bond motifs is 1. The zero-order valence-electron chi connectivity index (χ0n) is 10.4. The van der Waals surface area contributed by atoms with Gasteiger partial charge in [0.05, 0.1) is 27.5 Å². The van der Waals surface area contributed by atoms with Gasteiger partial charge in [-0.05, 0) is 31.2 Å². The number of hydrogen-bond acceptors (Lipinski definition) is 4. The van der Waals surface area contributed by atoms with Crippen LogP contribution in [0, 0.1) is 6.92 Å². The molecular formula is C14H9ClN2O2S. The number of benzene rings is 1. The average molecular weight is 305 g/mol. The van der Waals surface area contributed by atoms with E-state index in [1.54, 1.807) is 18.2 Å². The number of rotatable bonds is 2. The Morgan fingerprint density at radius 3 is 2.70 bits per heavy atom. The molecule has 2 aromatic heterocycles. The quantitative estimate of drug-likeness (QED) is 0.776. The van der Waals surface area contributed by atoms with E-state index >= 15 is 0 Å². The summed E-state index contributed by atoms with van der Waals surface area (Å²) in [6, 6.07) is 6.56. The van der Waals surface area contributed by atoms with E-state index in [4.69, 9.17) is 11.6 Å². The SMILES string of the molecule is Cc1nc(-c2cc(C(=O)O)c3cc(Cl)ccc3n2)cs1. The summed E-state index contributed by atoms with van der Waals surface area (Å²) in [4.78, 5) is 20.2. The van der Waals surface area contributed by atoms with Crippen molar-refractivity contribution in [2.24, 2.45) is 0 Å². The molecule has 0 saturated carbocycles. The molecule has 0 radical (unpaired) electrons. The van der Waals surface area contributed by atoms with Crippen molar-refractivity contribution in [1.82, 2.24) is 9.97 Å². The normalized spacial score (nSPS) is 10.9. The van der Waals surface area contributed by atoms with Crippen LogP contribution in [0.1, 0.15) is 15.4 Å². The van der Waals surface area contributed by atoms with Crippen molar-refractivity contribution >= 4 is 39.8 Å². The minimum atomic E-state index is -1.01. The molecule has 100 valence electrons. The van der Waals surface area contributed by atoms with Gasteiger partial charge < -0.3 is 5.11 Å². The predicted molar refractivity (Wildman–Crippen MR) is 79.6 cm³/mol. The highest BCUT2D eigenvalue weighted by atomic mass is 35.5. The van der Waals surface area contributed by atoms with Gasteiger partial charge in [0.25, 0.3) is 0 Å². The molecule has 0 fully saturated rings. The third-order valence-corrected chi connectivity index (χ3v) is 3.89. The molecule has 4 nitrogen and oxygen atoms in total. The summed E-state index contributed by atoms with van der Waals surface area (Å²) >= 11 is 7.43. The number of carbonyl (C=O) groups is 1. The second-order valence-electron chi connectivity index (χ2n) is 4.27. The molecule has 0 spiro atoms. The lowest BCUT2D eigenvalue weighted by Crippen LogP contribution is -2.00. The second kappa shape index (κ2) is 4.85. The highest BCUT2D eigenvalue weighted by Gasteiger charge is 2.14. The summed E-state index contributed by atoms with van der Waals surface area (Å²) in [5, 5.41) is 13.2. The number of nitrogens with zero attached hydrogens (tertiary/aromatic N) is 2. The van der Waals surface area contributed by atoms with Crippen molar-refractivity contribution in [3.05, 3.63) is 45.2 Å². The molecule has 0 aliphatic rings. The Morgan fingerprint density at radius 2 is 2.05 bits per heavy atom. The van der Waals surface area contributed by atoms with Gasteiger partial charge in [-0.1, -0.05) is 11.6 Å². The lowest BCUT2D eigenvalue weighted by molar-refractivity contribution is 0.0699. The molecule has 2 heterocycles. The Labute approximate surface area is 123 Å². The fourth-order valence-electron chi connectivity index (χ4n) is 1.99. The first-order valence-corrected chi connectivity index (χ1v) is 7.06. The summed E-state index contributed by atoms with van der Waals surface area (Å²) in [7, 11) is 0. The maximum atomic E-state index is 11.4. The van der Waals surface area contributed by atoms with E-state index in [-0.39, 0.29) is 5.56 Å². The van der Waals surface area contributed by atoms with Gasteiger partial charge in [0.2, 0.25) is 0 Å². The number of aryl methyl sites for hydroxylation is 1. The first-order chi connectivity index (χ1) is 9.54. The summed E-state index contributed by atoms with van der Waals surface area (Å²) in [5.41, 5.74) is 2.02. The fourth-order valence-corrected chi connectivity index (χ4v) is 2.77. The van der Waals surface area contributed by atoms with E-state index in [2.05, 4.69) is 9.97 Å². The number of carboxylic acids is 1. The highest BCUT2D eigenvalue weighted by Crippen LogP contribution is 2.27. The molecule has 20 heavy (non-hydrogen) atoms. The van der Waals surface area contributed by atoms with Crippen LogP contribution in [0.2, 0.25) is 5.02 Å². The molecule has 0 saturated heterocycles. The molecule has 0 amide bonds. The van der Waals surface area contributed by atoms with E-state index < -0.39 is 5.97 Å². The first kappa shape index (κ1) is 13.0. The maximum Gasteiger partial charge on any atom is 0.336 e. The number of thiazole rings is 1. The van der Waals surface area contributed by atoms with E-state index in [9.17, 15) is 9.90 Å². The van der Waals surface area contributed by atoms with Gasteiger partial charge in [-0.3, -0.25) is 0 Å². The van der Waals surface area contributed by atoms with Crippen LogP contribution in [0.5, 0.6) is 0 Å². The Bertz CT molecular complexity index is 829. The van der Waals surface area contributed by atoms with Gasteiger partial charge in [0, 0.05) is 15.8 Å². The summed E-state index contributed by atoms with van der Waals surface area (Å²) in [6.07, 6.45) is 0. The molecular weight excluding hydrogens is 296 g/mol. The van der Waals surface area contributed by atoms with Crippen LogP contribution in [0.15, 0.2) is 29.6 Å². The molecule has 1 aromatic carbocycles. The summed E-state index contributed by atoms with van der Waals surface area (Å²) < 4.78 is 0. The van der Waals surface area contributed by atoms with Gasteiger partial charge in [0.15, 0.2) is 0 Å². The number of carboxylic acid groups (broad SMARTS) is 1. The van der Waals surface area contributed by atoms with Crippen LogP contribution in [-0.2, 0) is 0 Å². The maximum absolute atomic E-state index is 11.4. The second-order valence-corrected chi connectivity index (χ2v) is 5.77. The smallest absolute Gasteiger partial charge is 0.336 e. The molecule has 0 aliphatic carbocycles. The predicted octanol–water partition coefficient (Wildman–Crippen LogP) is 4.02. The van der Waals surface area contributed by atoms with Crippen LogP contribution >= 0.6 is 22.9 Å². The van der Waals surface area contributed by atoms with E-state index in [1.807, 2.05) is 12.3 Å². The van der Waals surface area contributed by atoms with Gasteiger partial charge in [-0.15, -0.1) is 11.3 Å². The van der Waals surface area contributed by atoms with Crippen molar-refractivity contribution in [1.29, 1.82) is 0 Å². The van der Waals surface area contributed by atoms with Gasteiger partial charge in [0.1, 0.15) is 0 Å². The lowest BCUT2D eigenvalue weighted by Gasteiger charge is -2.05. The highest BCUT2D eigenvalue weighted by molar-refractivity contribution is 7.09. The van der Waals surface area contributed by atoms with Crippen LogP contribution in [0.3, 0.4) is 0 Å². The van der Waals surface area contributed by atoms with Crippen molar-refractivity contribution in [3.8, 4) is 11.4 Å². The number of aromatic carboxylic acids is 1. The van der Waals surface area contributed by atoms with Crippen LogP contribution in [0.4, 0.5) is 0 Å². The zero-order chi connectivity index (χ0) is 14.3. The van der Waals surface area contributed by atoms with Gasteiger partial charge in [-0.25, -0.2) is 14.8 Å². The summed E-state index contributed by atoms with van der Waals surface area (Å²) in [5.74, 6) is -1.01. The monoisotopic (exact) mass is 304 g/mol. The van der Waals surface area contributed by atoms with Crippen LogP contribution < -0.4 is 0 Å². The average Bonchev–Trinajstić information content (AvgIpc) is 2.84. The van der Waals surface area contributed by atoms with E-state index in [0.29, 0.717) is 27.3 Å². The van der Waals surface area contributed by atoms with E-state index in [0.717, 1.165) is 5.01 Å². The molecule has 0 unspecified atom stereocenters. The minimum absolute atomic E-state index is 0.179. The fraction of sp³-hybridized carbons (Fsp3) is 0.0714. The molecule has 0 aliphatic heterocycles. The molecule has 0 bridgehead atoms. The molecule has 1 N–H and O–H groups in total. The largest absolute Gasteiger partial charge is 0.478 e. The number of pyridine rings is 1. The lowest BCUT2D eigenvalue weighted by atomic mass is 10.1. The standard InChI is InChI=1S/C14H9ClN2O2S/c1-7-16-13(6-20-7)12-5-10(14(18)19)9-4-8(15)2-3-11(9)17-12/h2-6H,1H3,(H,18,19). The number of halogens is 1. The van der Waals surface area contributed by atoms with Gasteiger partial charge >= 0.3 is 5.97 Å². The van der Waals surface area contributed by atoms with Gasteiger partial charge in [-0.2, -0.15) is 0 Å². The van der Waals surface area contributed by atoms with Crippen molar-refractivity contribution < 1.29 is 9.90 Å². The Kier molecular flexibility index (Phi) is 3.16. The molecule has 3 rings (SSSR count). The van der Waals surface area contributed by atoms with Crippen LogP contribution in [0.25, 0.3) is 22.3 Å². The molecule has 3 aromatic rings. The van der Waals surface area contributed by atoms with Crippen LogP contribution in [-0.4, -0.2) is 21.0 Å². The van der Waals surface area contributed by atoms with Crippen molar-refractivity contribution in [2.75, 3.05) is 0 Å². The minimum Gasteiger partial charge on any atom is -0.478 e. The Hall–Kier alpha value is -1.98.